The number of amides is 1. The maximum atomic E-state index is 12.4. The van der Waals surface area contributed by atoms with E-state index in [1.807, 2.05) is 0 Å². The topological polar surface area (TPSA) is 110 Å². The predicted octanol–water partition coefficient (Wildman–Crippen LogP) is 11.4. The van der Waals surface area contributed by atoms with E-state index in [-0.39, 0.29) is 0 Å². The molecule has 0 aromatic carbocycles. The van der Waals surface area contributed by atoms with Crippen LogP contribution < -0.4 is 5.32 Å². The molecule has 1 amide bonds. The van der Waals surface area contributed by atoms with Crippen molar-refractivity contribution in [1.82, 2.24) is 5.32 Å². The van der Waals surface area contributed by atoms with Crippen LogP contribution >= 0.6 is 0 Å². The van der Waals surface area contributed by atoms with Crippen LogP contribution in [0.25, 0.3) is 0 Å². The Balaban J connectivity index is 3.57. The van der Waals surface area contributed by atoms with E-state index >= 15 is 0 Å². The second-order valence-corrected chi connectivity index (χ2v) is 15.4. The van der Waals surface area contributed by atoms with Gasteiger partial charge in [0.2, 0.25) is 5.91 Å². The van der Waals surface area contributed by atoms with Crippen LogP contribution in [0.3, 0.4) is 0 Å². The number of carbonyl (C=O) groups excluding carboxylic acids is 1. The van der Waals surface area contributed by atoms with Gasteiger partial charge in [0.15, 0.2) is 0 Å². The summed E-state index contributed by atoms with van der Waals surface area (Å²) < 4.78 is 0. The van der Waals surface area contributed by atoms with Crippen LogP contribution in [0.2, 0.25) is 0 Å². The Labute approximate surface area is 311 Å². The van der Waals surface area contributed by atoms with Gasteiger partial charge in [0.1, 0.15) is 12.2 Å². The minimum Gasteiger partial charge on any atom is -0.394 e. The third-order valence-corrected chi connectivity index (χ3v) is 10.5. The van der Waals surface area contributed by atoms with E-state index in [0.29, 0.717) is 12.8 Å². The lowest BCUT2D eigenvalue weighted by Gasteiger charge is -2.27. The van der Waals surface area contributed by atoms with Crippen LogP contribution in [0.4, 0.5) is 0 Å². The fraction of sp³-hybridized carbons (Fsp3) is 0.932. The molecule has 0 radical (unpaired) electrons. The molecule has 0 aromatic rings. The number of unbranched alkanes of at least 4 members (excludes halogenated alkanes) is 29. The molecular formula is C44H87NO5. The van der Waals surface area contributed by atoms with Crippen LogP contribution in [-0.2, 0) is 4.79 Å². The first-order valence-corrected chi connectivity index (χ1v) is 22.1. The molecule has 6 nitrogen and oxygen atoms in total. The molecule has 0 bridgehead atoms. The lowest BCUT2D eigenvalue weighted by molar-refractivity contribution is -0.132. The van der Waals surface area contributed by atoms with Crippen LogP contribution in [0, 0.1) is 0 Å². The monoisotopic (exact) mass is 710 g/mol. The summed E-state index contributed by atoms with van der Waals surface area (Å²) in [5.41, 5.74) is 0. The Morgan fingerprint density at radius 2 is 0.800 bits per heavy atom. The Morgan fingerprint density at radius 3 is 1.16 bits per heavy atom. The van der Waals surface area contributed by atoms with Gasteiger partial charge in [0, 0.05) is 0 Å². The van der Waals surface area contributed by atoms with Gasteiger partial charge in [0.05, 0.1) is 18.8 Å². The minimum absolute atomic E-state index is 0.370. The van der Waals surface area contributed by atoms with E-state index < -0.39 is 36.9 Å². The lowest BCUT2D eigenvalue weighted by atomic mass is 9.99. The minimum atomic E-state index is -1.25. The van der Waals surface area contributed by atoms with E-state index in [2.05, 4.69) is 31.3 Å². The molecule has 50 heavy (non-hydrogen) atoms. The fourth-order valence-electron chi connectivity index (χ4n) is 6.93. The van der Waals surface area contributed by atoms with Gasteiger partial charge in [-0.1, -0.05) is 206 Å². The zero-order valence-corrected chi connectivity index (χ0v) is 33.4. The second-order valence-electron chi connectivity index (χ2n) is 15.4. The van der Waals surface area contributed by atoms with E-state index in [1.54, 1.807) is 0 Å². The number of nitrogens with one attached hydrogen (secondary N) is 1. The highest BCUT2D eigenvalue weighted by molar-refractivity contribution is 5.80. The molecule has 0 spiro atoms. The maximum Gasteiger partial charge on any atom is 0.249 e. The highest BCUT2D eigenvalue weighted by atomic mass is 16.3. The first kappa shape index (κ1) is 49.0. The molecule has 0 aromatic heterocycles. The number of rotatable bonds is 40. The average molecular weight is 710 g/mol. The highest BCUT2D eigenvalue weighted by Crippen LogP contribution is 2.16. The number of aliphatic hydroxyl groups excluding tert-OH is 4. The fourth-order valence-corrected chi connectivity index (χ4v) is 6.93. The summed E-state index contributed by atoms with van der Waals surface area (Å²) in [5.74, 6) is -0.586. The molecule has 0 aliphatic heterocycles. The van der Waals surface area contributed by atoms with E-state index in [0.717, 1.165) is 38.5 Å². The van der Waals surface area contributed by atoms with Gasteiger partial charge in [-0.2, -0.15) is 0 Å². The van der Waals surface area contributed by atoms with Gasteiger partial charge in [-0.05, 0) is 38.5 Å². The standard InChI is InChI=1S/C44H87NO5/c1-3-5-7-9-11-12-13-14-15-16-17-18-19-20-21-22-23-24-25-26-27-28-29-30-32-34-36-38-42(48)44(50)45-40(39-46)43(49)41(47)37-35-33-31-10-8-6-4-2/h20-21,40-43,46-49H,3-19,22-39H2,1-2H3,(H,45,50)/b21-20-. The number of aliphatic hydroxyl groups is 4. The van der Waals surface area contributed by atoms with Crippen LogP contribution in [0.5, 0.6) is 0 Å². The normalized spacial score (nSPS) is 14.3. The van der Waals surface area contributed by atoms with Gasteiger partial charge in [0.25, 0.3) is 0 Å². The van der Waals surface area contributed by atoms with Crippen molar-refractivity contribution in [3.05, 3.63) is 12.2 Å². The van der Waals surface area contributed by atoms with E-state index in [9.17, 15) is 25.2 Å². The molecule has 5 N–H and O–H groups in total. The Bertz CT molecular complexity index is 717. The second kappa shape index (κ2) is 39.3. The number of hydrogen-bond acceptors (Lipinski definition) is 5. The third kappa shape index (κ3) is 32.9. The molecule has 298 valence electrons. The van der Waals surface area contributed by atoms with Crippen molar-refractivity contribution in [2.45, 2.75) is 257 Å². The van der Waals surface area contributed by atoms with E-state index in [4.69, 9.17) is 0 Å². The van der Waals surface area contributed by atoms with Gasteiger partial charge < -0.3 is 25.7 Å². The molecule has 0 saturated carbocycles. The van der Waals surface area contributed by atoms with Crippen LogP contribution in [-0.4, -0.2) is 57.3 Å². The molecule has 0 saturated heterocycles. The number of hydrogen-bond donors (Lipinski definition) is 5. The summed E-state index contributed by atoms with van der Waals surface area (Å²) in [6.45, 7) is 4.00. The van der Waals surface area contributed by atoms with Crippen molar-refractivity contribution in [2.24, 2.45) is 0 Å². The number of carbonyl (C=O) groups is 1. The van der Waals surface area contributed by atoms with E-state index in [1.165, 1.54) is 167 Å². The number of allylic oxidation sites excluding steroid dienone is 2. The van der Waals surface area contributed by atoms with Crippen molar-refractivity contribution in [3.8, 4) is 0 Å². The summed E-state index contributed by atoms with van der Waals surface area (Å²) in [6.07, 6.45) is 42.8. The molecule has 0 rings (SSSR count). The smallest absolute Gasteiger partial charge is 0.249 e. The summed E-state index contributed by atoms with van der Waals surface area (Å²) in [4.78, 5) is 12.4. The zero-order valence-electron chi connectivity index (χ0n) is 33.4. The average Bonchev–Trinajstić information content (AvgIpc) is 3.12. The molecule has 4 atom stereocenters. The summed E-state index contributed by atoms with van der Waals surface area (Å²) in [5, 5.41) is 43.3. The van der Waals surface area contributed by atoms with Crippen molar-refractivity contribution < 1.29 is 25.2 Å². The van der Waals surface area contributed by atoms with Gasteiger partial charge >= 0.3 is 0 Å². The SMILES string of the molecule is CCCCCCCCCCCCCC/C=C\CCCCCCCCCCCCCC(O)C(=O)NC(CO)C(O)C(O)CCCCCCCCC. The first-order valence-electron chi connectivity index (χ1n) is 22.1. The molecule has 0 aliphatic rings. The maximum absolute atomic E-state index is 12.4. The van der Waals surface area contributed by atoms with Crippen molar-refractivity contribution in [2.75, 3.05) is 6.61 Å². The molecule has 0 aliphatic carbocycles. The molecule has 0 fully saturated rings. The first-order chi connectivity index (χ1) is 24.5. The van der Waals surface area contributed by atoms with Crippen LogP contribution in [0.1, 0.15) is 232 Å². The van der Waals surface area contributed by atoms with Crippen molar-refractivity contribution >= 4 is 5.91 Å². The summed E-state index contributed by atoms with van der Waals surface area (Å²) in [6, 6.07) is -0.979. The zero-order chi connectivity index (χ0) is 36.8. The molecular weight excluding hydrogens is 622 g/mol. The summed E-state index contributed by atoms with van der Waals surface area (Å²) in [7, 11) is 0. The molecule has 0 heterocycles. The summed E-state index contributed by atoms with van der Waals surface area (Å²) >= 11 is 0. The Hall–Kier alpha value is -0.950. The van der Waals surface area contributed by atoms with Crippen LogP contribution in [0.15, 0.2) is 12.2 Å². The highest BCUT2D eigenvalue weighted by Gasteiger charge is 2.28. The lowest BCUT2D eigenvalue weighted by Crippen LogP contribution is -2.53. The predicted molar refractivity (Wildman–Crippen MR) is 215 cm³/mol. The molecule has 4 unspecified atom stereocenters. The van der Waals surface area contributed by atoms with Crippen molar-refractivity contribution in [3.63, 3.8) is 0 Å². The Morgan fingerprint density at radius 1 is 0.480 bits per heavy atom. The Kier molecular flexibility index (Phi) is 38.5. The quantitative estimate of drug-likeness (QED) is 0.0321. The third-order valence-electron chi connectivity index (χ3n) is 10.5. The molecule has 6 heteroatoms. The van der Waals surface area contributed by atoms with Gasteiger partial charge in [-0.15, -0.1) is 0 Å². The van der Waals surface area contributed by atoms with Gasteiger partial charge in [-0.3, -0.25) is 4.79 Å². The van der Waals surface area contributed by atoms with Crippen molar-refractivity contribution in [1.29, 1.82) is 0 Å². The largest absolute Gasteiger partial charge is 0.394 e. The van der Waals surface area contributed by atoms with Gasteiger partial charge in [-0.25, -0.2) is 0 Å².